The van der Waals surface area contributed by atoms with Crippen LogP contribution in [0.3, 0.4) is 0 Å². The summed E-state index contributed by atoms with van der Waals surface area (Å²) in [6.45, 7) is 2.58. The molecule has 0 spiro atoms. The number of nitrogens with zero attached hydrogens (tertiary/aromatic N) is 1. The van der Waals surface area contributed by atoms with Crippen molar-refractivity contribution in [2.45, 2.75) is 25.8 Å². The molecule has 1 atom stereocenters. The van der Waals surface area contributed by atoms with Crippen LogP contribution in [-0.4, -0.2) is 24.4 Å². The van der Waals surface area contributed by atoms with Gasteiger partial charge in [-0.05, 0) is 71.7 Å². The maximum atomic E-state index is 12.4. The molecule has 136 valence electrons. The van der Waals surface area contributed by atoms with Crippen LogP contribution in [0.5, 0.6) is 0 Å². The van der Waals surface area contributed by atoms with E-state index >= 15 is 0 Å². The molecule has 0 bridgehead atoms. The standard InChI is InChI=1S/C19H19Br2N3O2/c1-12(19(26)23-17-9-4-13(20)11-16(17)21)22-14-5-7-15(8-6-14)24-10-2-3-18(24)25/h4-9,11-12,22H,2-3,10H2,1H3,(H,23,26)/t12-/m0/s1. The minimum atomic E-state index is -0.412. The van der Waals surface area contributed by atoms with Gasteiger partial charge in [0.05, 0.1) is 5.69 Å². The molecule has 26 heavy (non-hydrogen) atoms. The molecule has 1 aliphatic heterocycles. The fourth-order valence-electron chi connectivity index (χ4n) is 2.81. The fourth-order valence-corrected chi connectivity index (χ4v) is 3.95. The van der Waals surface area contributed by atoms with Crippen molar-refractivity contribution >= 4 is 60.7 Å². The Morgan fingerprint density at radius 3 is 2.50 bits per heavy atom. The lowest BCUT2D eigenvalue weighted by Gasteiger charge is -2.18. The second-order valence-corrected chi connectivity index (χ2v) is 7.95. The van der Waals surface area contributed by atoms with E-state index in [1.54, 1.807) is 11.8 Å². The summed E-state index contributed by atoms with van der Waals surface area (Å²) in [5.74, 6) is 0.0327. The van der Waals surface area contributed by atoms with Gasteiger partial charge in [0.2, 0.25) is 11.8 Å². The molecule has 0 aromatic heterocycles. The second-order valence-electron chi connectivity index (χ2n) is 6.18. The Balaban J connectivity index is 1.61. The number of nitrogens with one attached hydrogen (secondary N) is 2. The highest BCUT2D eigenvalue weighted by molar-refractivity contribution is 9.11. The largest absolute Gasteiger partial charge is 0.374 e. The molecule has 2 N–H and O–H groups in total. The zero-order chi connectivity index (χ0) is 18.7. The molecule has 2 aromatic rings. The van der Waals surface area contributed by atoms with Gasteiger partial charge in [0.25, 0.3) is 0 Å². The first-order valence-electron chi connectivity index (χ1n) is 8.37. The Morgan fingerprint density at radius 2 is 1.88 bits per heavy atom. The molecule has 0 aliphatic carbocycles. The molecule has 0 radical (unpaired) electrons. The van der Waals surface area contributed by atoms with E-state index in [0.717, 1.165) is 39.0 Å². The van der Waals surface area contributed by atoms with Crippen LogP contribution in [0, 0.1) is 0 Å². The number of carbonyl (C=O) groups is 2. The van der Waals surface area contributed by atoms with Gasteiger partial charge in [-0.2, -0.15) is 0 Å². The molecule has 7 heteroatoms. The molecule has 0 unspecified atom stereocenters. The van der Waals surface area contributed by atoms with Crippen LogP contribution in [-0.2, 0) is 9.59 Å². The zero-order valence-corrected chi connectivity index (χ0v) is 17.4. The number of anilines is 3. The summed E-state index contributed by atoms with van der Waals surface area (Å²) < 4.78 is 1.75. The molecule has 0 saturated carbocycles. The van der Waals surface area contributed by atoms with Crippen LogP contribution < -0.4 is 15.5 Å². The smallest absolute Gasteiger partial charge is 0.246 e. The average Bonchev–Trinajstić information content (AvgIpc) is 3.04. The monoisotopic (exact) mass is 479 g/mol. The summed E-state index contributed by atoms with van der Waals surface area (Å²) in [5, 5.41) is 6.08. The number of hydrogen-bond donors (Lipinski definition) is 2. The first-order valence-corrected chi connectivity index (χ1v) is 9.95. The average molecular weight is 481 g/mol. The molecule has 1 fully saturated rings. The minimum Gasteiger partial charge on any atom is -0.374 e. The van der Waals surface area contributed by atoms with Crippen LogP contribution >= 0.6 is 31.9 Å². The van der Waals surface area contributed by atoms with Crippen LogP contribution in [0.15, 0.2) is 51.4 Å². The van der Waals surface area contributed by atoms with E-state index in [-0.39, 0.29) is 11.8 Å². The molecular weight excluding hydrogens is 462 g/mol. The van der Waals surface area contributed by atoms with Crippen LogP contribution in [0.4, 0.5) is 17.1 Å². The van der Waals surface area contributed by atoms with Gasteiger partial charge >= 0.3 is 0 Å². The predicted molar refractivity (Wildman–Crippen MR) is 112 cm³/mol. The van der Waals surface area contributed by atoms with Crippen molar-refractivity contribution in [2.75, 3.05) is 22.1 Å². The Bertz CT molecular complexity index is 824. The van der Waals surface area contributed by atoms with Crippen molar-refractivity contribution in [1.82, 2.24) is 0 Å². The normalized spacial score (nSPS) is 15.0. The van der Waals surface area contributed by atoms with Crippen LogP contribution in [0.2, 0.25) is 0 Å². The summed E-state index contributed by atoms with van der Waals surface area (Å²) in [6, 6.07) is 12.8. The van der Waals surface area contributed by atoms with Gasteiger partial charge < -0.3 is 15.5 Å². The van der Waals surface area contributed by atoms with E-state index in [1.807, 2.05) is 42.5 Å². The van der Waals surface area contributed by atoms with Crippen molar-refractivity contribution in [3.8, 4) is 0 Å². The third kappa shape index (κ3) is 4.45. The summed E-state index contributed by atoms with van der Waals surface area (Å²) in [5.41, 5.74) is 2.45. The number of amides is 2. The molecule has 2 aromatic carbocycles. The predicted octanol–water partition coefficient (Wildman–Crippen LogP) is 4.78. The van der Waals surface area contributed by atoms with E-state index in [9.17, 15) is 9.59 Å². The van der Waals surface area contributed by atoms with Crippen molar-refractivity contribution in [2.24, 2.45) is 0 Å². The zero-order valence-electron chi connectivity index (χ0n) is 14.3. The third-order valence-corrected chi connectivity index (χ3v) is 5.37. The van der Waals surface area contributed by atoms with Crippen molar-refractivity contribution in [3.63, 3.8) is 0 Å². The van der Waals surface area contributed by atoms with Gasteiger partial charge in [0, 0.05) is 33.3 Å². The summed E-state index contributed by atoms with van der Waals surface area (Å²) in [6.07, 6.45) is 1.52. The van der Waals surface area contributed by atoms with Crippen LogP contribution in [0.1, 0.15) is 19.8 Å². The van der Waals surface area contributed by atoms with E-state index < -0.39 is 6.04 Å². The topological polar surface area (TPSA) is 61.4 Å². The lowest BCUT2D eigenvalue weighted by molar-refractivity contribution is -0.117. The van der Waals surface area contributed by atoms with E-state index in [0.29, 0.717) is 6.42 Å². The van der Waals surface area contributed by atoms with Crippen LogP contribution in [0.25, 0.3) is 0 Å². The summed E-state index contributed by atoms with van der Waals surface area (Å²) >= 11 is 6.83. The quantitative estimate of drug-likeness (QED) is 0.647. The molecule has 1 aliphatic rings. The van der Waals surface area contributed by atoms with Crippen molar-refractivity contribution in [1.29, 1.82) is 0 Å². The SMILES string of the molecule is C[C@H](Nc1ccc(N2CCCC2=O)cc1)C(=O)Nc1ccc(Br)cc1Br. The molecule has 3 rings (SSSR count). The van der Waals surface area contributed by atoms with E-state index in [4.69, 9.17) is 0 Å². The number of halogens is 2. The molecular formula is C19H19Br2N3O2. The first kappa shape index (κ1) is 18.9. The number of benzene rings is 2. The number of rotatable bonds is 5. The van der Waals surface area contributed by atoms with Gasteiger partial charge in [-0.25, -0.2) is 0 Å². The highest BCUT2D eigenvalue weighted by Gasteiger charge is 2.21. The molecule has 1 heterocycles. The molecule has 5 nitrogen and oxygen atoms in total. The van der Waals surface area contributed by atoms with Gasteiger partial charge in [0.15, 0.2) is 0 Å². The third-order valence-electron chi connectivity index (χ3n) is 4.22. The Morgan fingerprint density at radius 1 is 1.15 bits per heavy atom. The Labute approximate surface area is 169 Å². The lowest BCUT2D eigenvalue weighted by atomic mass is 10.2. The van der Waals surface area contributed by atoms with Gasteiger partial charge in [0.1, 0.15) is 6.04 Å². The van der Waals surface area contributed by atoms with Gasteiger partial charge in [-0.15, -0.1) is 0 Å². The maximum Gasteiger partial charge on any atom is 0.246 e. The lowest BCUT2D eigenvalue weighted by Crippen LogP contribution is -2.32. The van der Waals surface area contributed by atoms with E-state index in [1.165, 1.54) is 0 Å². The molecule has 1 saturated heterocycles. The maximum absolute atomic E-state index is 12.4. The highest BCUT2D eigenvalue weighted by Crippen LogP contribution is 2.27. The molecule has 2 amide bonds. The van der Waals surface area contributed by atoms with Crippen molar-refractivity contribution in [3.05, 3.63) is 51.4 Å². The summed E-state index contributed by atoms with van der Waals surface area (Å²) in [4.78, 5) is 26.0. The fraction of sp³-hybridized carbons (Fsp3) is 0.263. The van der Waals surface area contributed by atoms with Gasteiger partial charge in [-0.3, -0.25) is 9.59 Å². The Kier molecular flexibility index (Phi) is 5.98. The minimum absolute atomic E-state index is 0.133. The van der Waals surface area contributed by atoms with E-state index in [2.05, 4.69) is 42.5 Å². The number of carbonyl (C=O) groups excluding carboxylic acids is 2. The highest BCUT2D eigenvalue weighted by atomic mass is 79.9. The first-order chi connectivity index (χ1) is 12.4. The second kappa shape index (κ2) is 8.22. The number of hydrogen-bond acceptors (Lipinski definition) is 3. The Hall–Kier alpha value is -1.86. The van der Waals surface area contributed by atoms with Gasteiger partial charge in [-0.1, -0.05) is 15.9 Å². The summed E-state index contributed by atoms with van der Waals surface area (Å²) in [7, 11) is 0. The van der Waals surface area contributed by atoms with Crippen molar-refractivity contribution < 1.29 is 9.59 Å².